The second-order valence-corrected chi connectivity index (χ2v) is 4.43. The number of hydrogen-bond acceptors (Lipinski definition) is 5. The highest BCUT2D eigenvalue weighted by Gasteiger charge is 2.10. The third kappa shape index (κ3) is 2.68. The molecule has 1 aromatic carbocycles. The van der Waals surface area contributed by atoms with E-state index >= 15 is 0 Å². The first kappa shape index (κ1) is 13.4. The molecule has 2 heterocycles. The van der Waals surface area contributed by atoms with E-state index in [4.69, 9.17) is 22.1 Å². The maximum atomic E-state index is 13.5. The van der Waals surface area contributed by atoms with Gasteiger partial charge in [-0.3, -0.25) is 0 Å². The normalized spacial score (nSPS) is 10.8. The number of benzene rings is 1. The number of pyridine rings is 1. The molecule has 0 atom stereocenters. The fraction of sp³-hybridized carbons (Fsp3) is 0. The van der Waals surface area contributed by atoms with E-state index in [1.165, 1.54) is 12.3 Å². The van der Waals surface area contributed by atoms with Crippen molar-refractivity contribution in [2.45, 2.75) is 0 Å². The summed E-state index contributed by atoms with van der Waals surface area (Å²) in [5.74, 6) is -1.46. The quantitative estimate of drug-likeness (QED) is 0.735. The van der Waals surface area contributed by atoms with E-state index in [9.17, 15) is 8.78 Å². The lowest BCUT2D eigenvalue weighted by Gasteiger charge is -2.07. The Morgan fingerprint density at radius 2 is 1.95 bits per heavy atom. The molecular formula is C13H7ClF2N4O. The van der Waals surface area contributed by atoms with Crippen molar-refractivity contribution < 1.29 is 13.5 Å². The fourth-order valence-electron chi connectivity index (χ4n) is 1.73. The van der Waals surface area contributed by atoms with Crippen molar-refractivity contribution in [2.24, 2.45) is 0 Å². The van der Waals surface area contributed by atoms with Crippen molar-refractivity contribution in [3.63, 3.8) is 0 Å². The maximum Gasteiger partial charge on any atom is 0.224 e. The number of nitrogens with two attached hydrogens (primary N) is 1. The zero-order valence-electron chi connectivity index (χ0n) is 10.3. The third-order valence-corrected chi connectivity index (χ3v) is 2.84. The minimum absolute atomic E-state index is 0.0000439. The van der Waals surface area contributed by atoms with Crippen LogP contribution in [0.3, 0.4) is 0 Å². The molecule has 5 nitrogen and oxygen atoms in total. The summed E-state index contributed by atoms with van der Waals surface area (Å²) in [5, 5.41) is 0.465. The number of nitrogens with zero attached hydrogens (tertiary/aromatic N) is 3. The predicted molar refractivity (Wildman–Crippen MR) is 73.2 cm³/mol. The first-order valence-electron chi connectivity index (χ1n) is 5.74. The summed E-state index contributed by atoms with van der Waals surface area (Å²) in [4.78, 5) is 11.7. The molecule has 21 heavy (non-hydrogen) atoms. The Bertz CT molecular complexity index is 844. The van der Waals surface area contributed by atoms with E-state index in [2.05, 4.69) is 15.0 Å². The number of halogens is 3. The van der Waals surface area contributed by atoms with Crippen molar-refractivity contribution in [1.82, 2.24) is 15.0 Å². The van der Waals surface area contributed by atoms with Crippen molar-refractivity contribution in [3.8, 4) is 11.6 Å². The number of hydrogen-bond donors (Lipinski definition) is 1. The monoisotopic (exact) mass is 308 g/mol. The van der Waals surface area contributed by atoms with Crippen LogP contribution in [0.4, 0.5) is 14.6 Å². The summed E-state index contributed by atoms with van der Waals surface area (Å²) in [5.41, 5.74) is 6.16. The number of fused-ring (bicyclic) bond motifs is 1. The Morgan fingerprint density at radius 1 is 1.14 bits per heavy atom. The van der Waals surface area contributed by atoms with Gasteiger partial charge in [-0.2, -0.15) is 0 Å². The van der Waals surface area contributed by atoms with Gasteiger partial charge in [0, 0.05) is 17.5 Å². The molecule has 8 heteroatoms. The summed E-state index contributed by atoms with van der Waals surface area (Å²) in [6.45, 7) is 0. The van der Waals surface area contributed by atoms with Gasteiger partial charge in [-0.1, -0.05) is 0 Å². The van der Waals surface area contributed by atoms with Gasteiger partial charge in [0.1, 0.15) is 11.6 Å². The minimum Gasteiger partial charge on any atom is -0.436 e. The average Bonchev–Trinajstić information content (AvgIpc) is 2.42. The molecule has 0 amide bonds. The lowest BCUT2D eigenvalue weighted by molar-refractivity contribution is 0.424. The molecule has 0 aliphatic rings. The van der Waals surface area contributed by atoms with Crippen molar-refractivity contribution in [1.29, 1.82) is 0 Å². The fourth-order valence-corrected chi connectivity index (χ4v) is 1.92. The number of ether oxygens (including phenoxy) is 1. The van der Waals surface area contributed by atoms with Crippen LogP contribution in [0, 0.1) is 11.6 Å². The third-order valence-electron chi connectivity index (χ3n) is 2.67. The Balaban J connectivity index is 2.01. The molecule has 0 spiro atoms. The molecule has 0 bridgehead atoms. The van der Waals surface area contributed by atoms with Crippen LogP contribution < -0.4 is 10.5 Å². The Morgan fingerprint density at radius 3 is 2.71 bits per heavy atom. The molecule has 2 N–H and O–H groups in total. The lowest BCUT2D eigenvalue weighted by Crippen LogP contribution is -1.97. The van der Waals surface area contributed by atoms with Crippen LogP contribution >= 0.6 is 11.6 Å². The molecule has 106 valence electrons. The van der Waals surface area contributed by atoms with Crippen LogP contribution in [0.2, 0.25) is 5.28 Å². The van der Waals surface area contributed by atoms with Gasteiger partial charge in [0.2, 0.25) is 11.2 Å². The molecule has 0 saturated heterocycles. The molecular weight excluding hydrogens is 302 g/mol. The van der Waals surface area contributed by atoms with E-state index in [-0.39, 0.29) is 22.7 Å². The van der Waals surface area contributed by atoms with Crippen LogP contribution in [0.5, 0.6) is 11.6 Å². The van der Waals surface area contributed by atoms with E-state index < -0.39 is 11.6 Å². The molecule has 2 aromatic heterocycles. The largest absolute Gasteiger partial charge is 0.436 e. The average molecular weight is 309 g/mol. The summed E-state index contributed by atoms with van der Waals surface area (Å²) in [7, 11) is 0. The first-order valence-corrected chi connectivity index (χ1v) is 6.12. The van der Waals surface area contributed by atoms with Crippen LogP contribution in [0.1, 0.15) is 0 Å². The number of aromatic nitrogens is 3. The zero-order chi connectivity index (χ0) is 15.0. The van der Waals surface area contributed by atoms with Crippen LogP contribution in [-0.2, 0) is 0 Å². The van der Waals surface area contributed by atoms with Gasteiger partial charge in [0.05, 0.1) is 11.7 Å². The lowest BCUT2D eigenvalue weighted by atomic mass is 10.3. The van der Waals surface area contributed by atoms with Gasteiger partial charge in [-0.25, -0.2) is 23.7 Å². The van der Waals surface area contributed by atoms with Crippen LogP contribution in [-0.4, -0.2) is 15.0 Å². The van der Waals surface area contributed by atoms with Gasteiger partial charge in [-0.15, -0.1) is 0 Å². The number of nitrogen functional groups attached to an aromatic ring is 1. The Hall–Kier alpha value is -2.54. The second-order valence-electron chi connectivity index (χ2n) is 4.09. The Labute approximate surface area is 122 Å². The Kier molecular flexibility index (Phi) is 3.26. The highest BCUT2D eigenvalue weighted by atomic mass is 35.5. The standard InChI is InChI=1S/C13H7ClF2N4O/c14-13-19-9-5-18-11(4-7(9)12(17)20-13)21-10-2-1-6(15)3-8(10)16/h1-5H,(H2,17,19,20). The number of rotatable bonds is 2. The maximum absolute atomic E-state index is 13.5. The molecule has 3 aromatic rings. The van der Waals surface area contributed by atoms with E-state index in [1.807, 2.05) is 0 Å². The topological polar surface area (TPSA) is 73.9 Å². The molecule has 3 rings (SSSR count). The van der Waals surface area contributed by atoms with Crippen LogP contribution in [0.25, 0.3) is 10.9 Å². The summed E-state index contributed by atoms with van der Waals surface area (Å²) >= 11 is 5.68. The summed E-state index contributed by atoms with van der Waals surface area (Å²) < 4.78 is 31.6. The van der Waals surface area contributed by atoms with Gasteiger partial charge in [0.15, 0.2) is 11.6 Å². The van der Waals surface area contributed by atoms with Gasteiger partial charge in [-0.05, 0) is 23.7 Å². The highest BCUT2D eigenvalue weighted by Crippen LogP contribution is 2.27. The van der Waals surface area contributed by atoms with Crippen molar-refractivity contribution >= 4 is 28.3 Å². The van der Waals surface area contributed by atoms with Crippen molar-refractivity contribution in [3.05, 3.63) is 47.4 Å². The highest BCUT2D eigenvalue weighted by molar-refractivity contribution is 6.28. The molecule has 0 radical (unpaired) electrons. The summed E-state index contributed by atoms with van der Waals surface area (Å²) in [6.07, 6.45) is 1.37. The zero-order valence-corrected chi connectivity index (χ0v) is 11.1. The van der Waals surface area contributed by atoms with Gasteiger partial charge < -0.3 is 10.5 Å². The molecule has 0 saturated carbocycles. The van der Waals surface area contributed by atoms with Crippen molar-refractivity contribution in [2.75, 3.05) is 5.73 Å². The minimum atomic E-state index is -0.836. The van der Waals surface area contributed by atoms with Gasteiger partial charge >= 0.3 is 0 Å². The first-order chi connectivity index (χ1) is 10.0. The van der Waals surface area contributed by atoms with E-state index in [0.29, 0.717) is 17.0 Å². The predicted octanol–water partition coefficient (Wildman–Crippen LogP) is 3.33. The molecule has 0 unspecified atom stereocenters. The summed E-state index contributed by atoms with van der Waals surface area (Å²) in [6, 6.07) is 4.41. The SMILES string of the molecule is Nc1nc(Cl)nc2cnc(Oc3ccc(F)cc3F)cc12. The number of anilines is 1. The van der Waals surface area contributed by atoms with Gasteiger partial charge in [0.25, 0.3) is 0 Å². The molecule has 0 fully saturated rings. The van der Waals surface area contributed by atoms with E-state index in [0.717, 1.165) is 12.1 Å². The molecule has 0 aliphatic heterocycles. The second kappa shape index (κ2) is 5.10. The van der Waals surface area contributed by atoms with Crippen LogP contribution in [0.15, 0.2) is 30.5 Å². The van der Waals surface area contributed by atoms with E-state index in [1.54, 1.807) is 0 Å². The smallest absolute Gasteiger partial charge is 0.224 e. The molecule has 0 aliphatic carbocycles.